The largest absolute Gasteiger partial charge is 0.507 e. The molecule has 0 aliphatic rings. The Hall–Kier alpha value is -0.200. The minimum atomic E-state index is 0.169. The topological polar surface area (TPSA) is 58.3 Å². The van der Waals surface area contributed by atoms with Crippen LogP contribution >= 0.6 is 34.2 Å². The Bertz CT molecular complexity index is 280. The van der Waals surface area contributed by atoms with Crippen molar-refractivity contribution in [3.05, 3.63) is 20.7 Å². The summed E-state index contributed by atoms with van der Waals surface area (Å²) in [6, 6.07) is 3.11. The number of anilines is 1. The van der Waals surface area contributed by atoms with E-state index in [0.717, 1.165) is 0 Å². The maximum Gasteiger partial charge on any atom is 0.131 e. The molecule has 1 aromatic carbocycles. The monoisotopic (exact) mass is 284 g/mol. The molecule has 0 aliphatic carbocycles. The second-order valence-electron chi connectivity index (χ2n) is 1.93. The number of hydrazine groups is 1. The summed E-state index contributed by atoms with van der Waals surface area (Å²) >= 11 is 7.72. The van der Waals surface area contributed by atoms with E-state index >= 15 is 0 Å². The average molecular weight is 284 g/mol. The van der Waals surface area contributed by atoms with Crippen molar-refractivity contribution in [2.75, 3.05) is 5.43 Å². The number of halogens is 2. The van der Waals surface area contributed by atoms with Crippen LogP contribution in [0.1, 0.15) is 0 Å². The fraction of sp³-hybridized carbons (Fsp3) is 0. The second kappa shape index (κ2) is 3.46. The third kappa shape index (κ3) is 1.88. The fourth-order valence-electron chi connectivity index (χ4n) is 0.648. The Kier molecular flexibility index (Phi) is 2.80. The highest BCUT2D eigenvalue weighted by Gasteiger charge is 2.03. The van der Waals surface area contributed by atoms with Crippen LogP contribution in [0.15, 0.2) is 12.1 Å². The molecule has 1 rings (SSSR count). The van der Waals surface area contributed by atoms with Gasteiger partial charge in [0, 0.05) is 6.07 Å². The van der Waals surface area contributed by atoms with Crippen LogP contribution < -0.4 is 11.3 Å². The molecule has 11 heavy (non-hydrogen) atoms. The molecule has 5 heteroatoms. The highest BCUT2D eigenvalue weighted by atomic mass is 127. The van der Waals surface area contributed by atoms with E-state index in [2.05, 4.69) is 5.43 Å². The first-order valence-electron chi connectivity index (χ1n) is 2.79. The van der Waals surface area contributed by atoms with Gasteiger partial charge in [-0.25, -0.2) is 0 Å². The van der Waals surface area contributed by atoms with Gasteiger partial charge < -0.3 is 10.5 Å². The number of nitrogen functional groups attached to an aromatic ring is 1. The zero-order valence-corrected chi connectivity index (χ0v) is 8.35. The molecule has 0 fully saturated rings. The van der Waals surface area contributed by atoms with Crippen LogP contribution in [0.4, 0.5) is 5.69 Å². The van der Waals surface area contributed by atoms with Crippen LogP contribution in [-0.4, -0.2) is 5.11 Å². The number of phenols is 1. The zero-order chi connectivity index (χ0) is 8.43. The summed E-state index contributed by atoms with van der Waals surface area (Å²) in [5.74, 6) is 5.29. The number of hydrogen-bond acceptors (Lipinski definition) is 3. The van der Waals surface area contributed by atoms with Gasteiger partial charge in [0.25, 0.3) is 0 Å². The maximum atomic E-state index is 9.19. The Balaban J connectivity index is 3.21. The molecule has 4 N–H and O–H groups in total. The lowest BCUT2D eigenvalue weighted by Crippen LogP contribution is -2.07. The Morgan fingerprint density at radius 3 is 2.73 bits per heavy atom. The van der Waals surface area contributed by atoms with Gasteiger partial charge in [-0.05, 0) is 28.7 Å². The van der Waals surface area contributed by atoms with Crippen LogP contribution in [0.25, 0.3) is 0 Å². The molecule has 0 aromatic heterocycles. The lowest BCUT2D eigenvalue weighted by atomic mass is 10.3. The Morgan fingerprint density at radius 1 is 1.55 bits per heavy atom. The Morgan fingerprint density at radius 2 is 2.18 bits per heavy atom. The molecule has 3 nitrogen and oxygen atoms in total. The molecule has 0 radical (unpaired) electrons. The highest BCUT2D eigenvalue weighted by molar-refractivity contribution is 14.1. The summed E-state index contributed by atoms with van der Waals surface area (Å²) in [5.41, 5.74) is 2.89. The first kappa shape index (κ1) is 8.89. The molecule has 0 heterocycles. The number of aromatic hydroxyl groups is 1. The van der Waals surface area contributed by atoms with Crippen LogP contribution in [-0.2, 0) is 0 Å². The van der Waals surface area contributed by atoms with Crippen molar-refractivity contribution in [1.82, 2.24) is 0 Å². The van der Waals surface area contributed by atoms with Crippen molar-refractivity contribution >= 4 is 39.9 Å². The smallest absolute Gasteiger partial charge is 0.131 e. The minimum Gasteiger partial charge on any atom is -0.507 e. The van der Waals surface area contributed by atoms with Crippen molar-refractivity contribution in [2.45, 2.75) is 0 Å². The second-order valence-corrected chi connectivity index (χ2v) is 3.50. The number of benzene rings is 1. The molecular formula is C6H6ClIN2O. The van der Waals surface area contributed by atoms with E-state index in [1.54, 1.807) is 6.07 Å². The molecular weight excluding hydrogens is 278 g/mol. The van der Waals surface area contributed by atoms with Gasteiger partial charge in [-0.2, -0.15) is 0 Å². The molecule has 1 aromatic rings. The summed E-state index contributed by atoms with van der Waals surface area (Å²) in [4.78, 5) is 0. The third-order valence-corrected chi connectivity index (χ3v) is 2.37. The van der Waals surface area contributed by atoms with Crippen LogP contribution in [0.5, 0.6) is 5.75 Å². The standard InChI is InChI=1S/C6H6ClIN2O/c7-3-1-4(8)6(11)2-5(3)10-9/h1-2,10-11H,9H2. The maximum absolute atomic E-state index is 9.19. The summed E-state index contributed by atoms with van der Waals surface area (Å²) in [6.07, 6.45) is 0. The first-order valence-corrected chi connectivity index (χ1v) is 4.25. The number of nitrogens with one attached hydrogen (secondary N) is 1. The lowest BCUT2D eigenvalue weighted by Gasteiger charge is -2.04. The molecule has 0 saturated carbocycles. The predicted octanol–water partition coefficient (Wildman–Crippen LogP) is 1.94. The summed E-state index contributed by atoms with van der Waals surface area (Å²) in [6.45, 7) is 0. The van der Waals surface area contributed by atoms with Crippen LogP contribution in [0.3, 0.4) is 0 Å². The number of nitrogens with two attached hydrogens (primary N) is 1. The molecule has 0 spiro atoms. The molecule has 0 bridgehead atoms. The predicted molar refractivity (Wildman–Crippen MR) is 53.6 cm³/mol. The normalized spacial score (nSPS) is 9.73. The van der Waals surface area contributed by atoms with Gasteiger partial charge in [0.2, 0.25) is 0 Å². The molecule has 60 valence electrons. The SMILES string of the molecule is NNc1cc(O)c(I)cc1Cl. The molecule has 0 aliphatic heterocycles. The van der Waals surface area contributed by atoms with Crippen molar-refractivity contribution in [1.29, 1.82) is 0 Å². The first-order chi connectivity index (χ1) is 5.15. The van der Waals surface area contributed by atoms with E-state index in [1.807, 2.05) is 22.6 Å². The van der Waals surface area contributed by atoms with Crippen molar-refractivity contribution < 1.29 is 5.11 Å². The zero-order valence-electron chi connectivity index (χ0n) is 5.44. The van der Waals surface area contributed by atoms with Gasteiger partial charge in [-0.15, -0.1) is 0 Å². The van der Waals surface area contributed by atoms with E-state index in [0.29, 0.717) is 14.3 Å². The lowest BCUT2D eigenvalue weighted by molar-refractivity contribution is 0.472. The van der Waals surface area contributed by atoms with Crippen molar-refractivity contribution in [3.63, 3.8) is 0 Å². The third-order valence-electron chi connectivity index (χ3n) is 1.19. The van der Waals surface area contributed by atoms with Crippen LogP contribution in [0, 0.1) is 3.57 Å². The summed E-state index contributed by atoms with van der Waals surface area (Å²) < 4.78 is 0.701. The van der Waals surface area contributed by atoms with Crippen LogP contribution in [0.2, 0.25) is 5.02 Å². The average Bonchev–Trinajstić information content (AvgIpc) is 1.97. The van der Waals surface area contributed by atoms with Crippen molar-refractivity contribution in [2.24, 2.45) is 5.84 Å². The molecule has 0 amide bonds. The van der Waals surface area contributed by atoms with E-state index in [4.69, 9.17) is 17.4 Å². The molecule has 0 atom stereocenters. The van der Waals surface area contributed by atoms with E-state index in [1.165, 1.54) is 6.07 Å². The van der Waals surface area contributed by atoms with Gasteiger partial charge in [-0.1, -0.05) is 11.6 Å². The van der Waals surface area contributed by atoms with Gasteiger partial charge in [-0.3, -0.25) is 5.84 Å². The van der Waals surface area contributed by atoms with E-state index < -0.39 is 0 Å². The van der Waals surface area contributed by atoms with E-state index in [-0.39, 0.29) is 5.75 Å². The summed E-state index contributed by atoms with van der Waals surface area (Å²) in [5, 5.41) is 9.69. The molecule has 0 unspecified atom stereocenters. The highest BCUT2D eigenvalue weighted by Crippen LogP contribution is 2.30. The van der Waals surface area contributed by atoms with Crippen molar-refractivity contribution in [3.8, 4) is 5.75 Å². The number of phenolic OH excluding ortho intramolecular Hbond substituents is 1. The Labute approximate surface area is 82.7 Å². The fourth-order valence-corrected chi connectivity index (χ4v) is 1.52. The summed E-state index contributed by atoms with van der Waals surface area (Å²) in [7, 11) is 0. The number of hydrogen-bond donors (Lipinski definition) is 3. The number of rotatable bonds is 1. The van der Waals surface area contributed by atoms with E-state index in [9.17, 15) is 5.11 Å². The quantitative estimate of drug-likeness (QED) is 0.420. The molecule has 0 saturated heterocycles. The van der Waals surface area contributed by atoms with Gasteiger partial charge in [0.05, 0.1) is 14.3 Å². The van der Waals surface area contributed by atoms with Gasteiger partial charge >= 0.3 is 0 Å². The van der Waals surface area contributed by atoms with Gasteiger partial charge in [0.1, 0.15) is 5.75 Å². The minimum absolute atomic E-state index is 0.169. The van der Waals surface area contributed by atoms with Gasteiger partial charge in [0.15, 0.2) is 0 Å².